The lowest BCUT2D eigenvalue weighted by atomic mass is 10.0. The number of rotatable bonds is 7. The van der Waals surface area contributed by atoms with Crippen LogP contribution >= 0.6 is 23.1 Å². The Hall–Kier alpha value is -2.89. The van der Waals surface area contributed by atoms with Gasteiger partial charge in [0.25, 0.3) is 5.91 Å². The first kappa shape index (κ1) is 21.3. The van der Waals surface area contributed by atoms with Crippen LogP contribution in [0.2, 0.25) is 0 Å². The molecule has 0 aliphatic rings. The van der Waals surface area contributed by atoms with Crippen molar-refractivity contribution in [2.24, 2.45) is 0 Å². The third-order valence-corrected chi connectivity index (χ3v) is 6.45. The number of nitrogens with one attached hydrogen (secondary N) is 1. The van der Waals surface area contributed by atoms with E-state index in [4.69, 9.17) is 0 Å². The molecule has 0 saturated heterocycles. The molecule has 0 saturated carbocycles. The molecule has 1 heterocycles. The highest BCUT2D eigenvalue weighted by atomic mass is 32.2. The lowest BCUT2D eigenvalue weighted by molar-refractivity contribution is 0.102. The minimum atomic E-state index is -0.134. The minimum absolute atomic E-state index is 0.134. The fourth-order valence-electron chi connectivity index (χ4n) is 3.24. The van der Waals surface area contributed by atoms with Crippen LogP contribution in [0.5, 0.6) is 0 Å². The second kappa shape index (κ2) is 9.94. The van der Waals surface area contributed by atoms with Crippen molar-refractivity contribution >= 4 is 34.1 Å². The number of amides is 1. The molecule has 1 aromatic heterocycles. The number of thiazole rings is 1. The summed E-state index contributed by atoms with van der Waals surface area (Å²) in [6.45, 7) is 4.28. The number of hydrogen-bond donors (Lipinski definition) is 1. The maximum Gasteiger partial charge on any atom is 0.257 e. The van der Waals surface area contributed by atoms with Gasteiger partial charge >= 0.3 is 0 Å². The molecule has 0 fully saturated rings. The maximum atomic E-state index is 12.7. The molecule has 0 radical (unpaired) electrons. The number of benzene rings is 3. The maximum absolute atomic E-state index is 12.7. The van der Waals surface area contributed by atoms with Gasteiger partial charge in [-0.05, 0) is 35.7 Å². The molecule has 1 N–H and O–H groups in total. The lowest BCUT2D eigenvalue weighted by Crippen LogP contribution is -2.11. The summed E-state index contributed by atoms with van der Waals surface area (Å²) in [7, 11) is 0. The first-order chi connectivity index (χ1) is 15.1. The molecule has 3 aromatic carbocycles. The first-order valence-corrected chi connectivity index (χ1v) is 12.0. The summed E-state index contributed by atoms with van der Waals surface area (Å²) in [5, 5.41) is 5.99. The van der Waals surface area contributed by atoms with Crippen molar-refractivity contribution < 1.29 is 4.79 Å². The van der Waals surface area contributed by atoms with Crippen molar-refractivity contribution in [1.29, 1.82) is 0 Å². The van der Waals surface area contributed by atoms with E-state index in [2.05, 4.69) is 72.7 Å². The Balaban J connectivity index is 1.42. The van der Waals surface area contributed by atoms with Crippen LogP contribution in [0.25, 0.3) is 11.3 Å². The number of nitrogens with zero attached hydrogens (tertiary/aromatic N) is 1. The van der Waals surface area contributed by atoms with Crippen LogP contribution in [-0.2, 0) is 6.42 Å². The summed E-state index contributed by atoms with van der Waals surface area (Å²) in [6, 6.07) is 26.6. The van der Waals surface area contributed by atoms with Gasteiger partial charge in [0.1, 0.15) is 0 Å². The van der Waals surface area contributed by atoms with E-state index in [9.17, 15) is 4.79 Å². The molecule has 156 valence electrons. The number of carbonyl (C=O) groups excluding carboxylic acids is 1. The fraction of sp³-hybridized carbons (Fsp3) is 0.154. The van der Waals surface area contributed by atoms with Crippen LogP contribution in [0.4, 0.5) is 5.13 Å². The second-order valence-electron chi connectivity index (χ2n) is 7.55. The Kier molecular flexibility index (Phi) is 6.85. The van der Waals surface area contributed by atoms with Crippen LogP contribution in [-0.4, -0.2) is 16.1 Å². The molecule has 0 bridgehead atoms. The van der Waals surface area contributed by atoms with E-state index in [-0.39, 0.29) is 5.91 Å². The zero-order valence-electron chi connectivity index (χ0n) is 17.5. The molecule has 4 aromatic rings. The van der Waals surface area contributed by atoms with E-state index in [1.54, 1.807) is 11.8 Å². The van der Waals surface area contributed by atoms with Gasteiger partial charge in [0.15, 0.2) is 5.13 Å². The average Bonchev–Trinajstić information content (AvgIpc) is 3.23. The average molecular weight is 445 g/mol. The zero-order chi connectivity index (χ0) is 21.6. The molecule has 3 nitrogen and oxygen atoms in total. The highest BCUT2D eigenvalue weighted by molar-refractivity contribution is 7.99. The topological polar surface area (TPSA) is 42.0 Å². The van der Waals surface area contributed by atoms with E-state index in [0.717, 1.165) is 22.6 Å². The van der Waals surface area contributed by atoms with E-state index < -0.39 is 0 Å². The smallest absolute Gasteiger partial charge is 0.257 e. The van der Waals surface area contributed by atoms with Crippen molar-refractivity contribution in [2.75, 3.05) is 5.32 Å². The van der Waals surface area contributed by atoms with Gasteiger partial charge in [-0.3, -0.25) is 10.1 Å². The van der Waals surface area contributed by atoms with Crippen molar-refractivity contribution in [3.8, 4) is 11.3 Å². The molecular formula is C26H24N2OS2. The summed E-state index contributed by atoms with van der Waals surface area (Å²) in [5.41, 5.74) is 5.12. The Bertz CT molecular complexity index is 1150. The molecule has 4 rings (SSSR count). The molecule has 0 unspecified atom stereocenters. The van der Waals surface area contributed by atoms with Crippen LogP contribution in [0.15, 0.2) is 89.1 Å². The van der Waals surface area contributed by atoms with Gasteiger partial charge in [0, 0.05) is 26.7 Å². The largest absolute Gasteiger partial charge is 0.298 e. The predicted molar refractivity (Wildman–Crippen MR) is 132 cm³/mol. The van der Waals surface area contributed by atoms with Gasteiger partial charge in [-0.2, -0.15) is 0 Å². The first-order valence-electron chi connectivity index (χ1n) is 10.2. The highest BCUT2D eigenvalue weighted by Crippen LogP contribution is 2.27. The molecule has 0 aliphatic carbocycles. The van der Waals surface area contributed by atoms with Gasteiger partial charge in [0.05, 0.1) is 5.69 Å². The second-order valence-corrected chi connectivity index (χ2v) is 10.1. The number of thioether (sulfide) groups is 1. The predicted octanol–water partition coefficient (Wildman–Crippen LogP) is 7.15. The summed E-state index contributed by atoms with van der Waals surface area (Å²) < 4.78 is 0. The van der Waals surface area contributed by atoms with Crippen molar-refractivity contribution in [3.05, 3.63) is 101 Å². The number of hydrogen-bond acceptors (Lipinski definition) is 4. The molecule has 0 aliphatic heterocycles. The van der Waals surface area contributed by atoms with Crippen LogP contribution in [0.3, 0.4) is 0 Å². The third kappa shape index (κ3) is 5.84. The standard InChI is InChI=1S/C26H24N2OS2/c1-18(2)31-23-10-6-9-22(16-23)25(29)28-26-27-24(17-30-26)21-13-11-20(12-14-21)15-19-7-4-3-5-8-19/h3-14,16-18H,15H2,1-2H3,(H,27,28,29). The fourth-order valence-corrected chi connectivity index (χ4v) is 4.85. The van der Waals surface area contributed by atoms with Crippen LogP contribution in [0, 0.1) is 0 Å². The molecule has 1 amide bonds. The Morgan fingerprint density at radius 1 is 0.968 bits per heavy atom. The van der Waals surface area contributed by atoms with E-state index in [1.165, 1.54) is 22.5 Å². The van der Waals surface area contributed by atoms with Gasteiger partial charge in [-0.25, -0.2) is 4.98 Å². The van der Waals surface area contributed by atoms with Crippen LogP contribution < -0.4 is 5.32 Å². The van der Waals surface area contributed by atoms with Gasteiger partial charge in [-0.1, -0.05) is 74.5 Å². The molecular weight excluding hydrogens is 420 g/mol. The third-order valence-electron chi connectivity index (χ3n) is 4.69. The number of anilines is 1. The lowest BCUT2D eigenvalue weighted by Gasteiger charge is -2.07. The number of aromatic nitrogens is 1. The zero-order valence-corrected chi connectivity index (χ0v) is 19.2. The molecule has 0 spiro atoms. The van der Waals surface area contributed by atoms with E-state index in [0.29, 0.717) is 15.9 Å². The summed E-state index contributed by atoms with van der Waals surface area (Å²) in [4.78, 5) is 18.4. The number of carbonyl (C=O) groups is 1. The van der Waals surface area contributed by atoms with Crippen molar-refractivity contribution in [3.63, 3.8) is 0 Å². The van der Waals surface area contributed by atoms with Gasteiger partial charge in [0.2, 0.25) is 0 Å². The van der Waals surface area contributed by atoms with Crippen molar-refractivity contribution in [2.45, 2.75) is 30.4 Å². The monoisotopic (exact) mass is 444 g/mol. The minimum Gasteiger partial charge on any atom is -0.298 e. The van der Waals surface area contributed by atoms with Gasteiger partial charge < -0.3 is 0 Å². The highest BCUT2D eigenvalue weighted by Gasteiger charge is 2.11. The van der Waals surface area contributed by atoms with Crippen LogP contribution in [0.1, 0.15) is 35.3 Å². The van der Waals surface area contributed by atoms with E-state index >= 15 is 0 Å². The Morgan fingerprint density at radius 3 is 2.45 bits per heavy atom. The van der Waals surface area contributed by atoms with Gasteiger partial charge in [-0.15, -0.1) is 23.1 Å². The molecule has 31 heavy (non-hydrogen) atoms. The SMILES string of the molecule is CC(C)Sc1cccc(C(=O)Nc2nc(-c3ccc(Cc4ccccc4)cc3)cs2)c1. The van der Waals surface area contributed by atoms with Crippen molar-refractivity contribution in [1.82, 2.24) is 4.98 Å². The normalized spacial score (nSPS) is 10.9. The molecule has 0 atom stereocenters. The Labute approximate surface area is 191 Å². The summed E-state index contributed by atoms with van der Waals surface area (Å²) in [6.07, 6.45) is 0.910. The summed E-state index contributed by atoms with van der Waals surface area (Å²) in [5.74, 6) is -0.134. The molecule has 5 heteroatoms. The quantitative estimate of drug-likeness (QED) is 0.308. The Morgan fingerprint density at radius 2 is 1.71 bits per heavy atom. The van der Waals surface area contributed by atoms with E-state index in [1.807, 2.05) is 35.7 Å². The summed E-state index contributed by atoms with van der Waals surface area (Å²) >= 11 is 3.19.